The van der Waals surface area contributed by atoms with Gasteiger partial charge >= 0.3 is 0 Å². The molecule has 0 aliphatic rings. The Kier molecular flexibility index (Phi) is 11.2. The Labute approximate surface area is 243 Å². The third kappa shape index (κ3) is 7.86. The number of carbonyl (C=O) groups excluding carboxylic acids is 2. The summed E-state index contributed by atoms with van der Waals surface area (Å²) in [5.74, 6) is -0.760. The number of hydrogen-bond acceptors (Lipinski definition) is 4. The summed E-state index contributed by atoms with van der Waals surface area (Å²) in [5, 5.41) is 3.53. The summed E-state index contributed by atoms with van der Waals surface area (Å²) in [4.78, 5) is 28.9. The Morgan fingerprint density at radius 2 is 1.45 bits per heavy atom. The number of amides is 2. The molecular weight excluding hydrogens is 546 g/mol. The van der Waals surface area contributed by atoms with Crippen molar-refractivity contribution >= 4 is 39.1 Å². The smallest absolute Gasteiger partial charge is 0.264 e. The van der Waals surface area contributed by atoms with Crippen LogP contribution in [0.5, 0.6) is 0 Å². The minimum absolute atomic E-state index is 0.0685. The Hall–Kier alpha value is -3.36. The summed E-state index contributed by atoms with van der Waals surface area (Å²) in [6.07, 6.45) is 1.89. The standard InChI is InChI=1S/C31H38ClN3O4S/c1-5-23(4)33-31(37)29(7-3)34(21-25-13-17-26(32)18-14-25)30(36)22-35(27-19-15-24(6-2)16-20-27)40(38,39)28-11-9-8-10-12-28/h8-20,23,29H,5-7,21-22H2,1-4H3,(H,33,37)/t23-,29+/m0/s1. The predicted octanol–water partition coefficient (Wildman–Crippen LogP) is 5.82. The number of carbonyl (C=O) groups is 2. The summed E-state index contributed by atoms with van der Waals surface area (Å²) in [7, 11) is -4.09. The van der Waals surface area contributed by atoms with Crippen molar-refractivity contribution in [1.29, 1.82) is 0 Å². The molecule has 9 heteroatoms. The Bertz CT molecular complexity index is 1360. The van der Waals surface area contributed by atoms with Crippen LogP contribution in [0.2, 0.25) is 5.02 Å². The van der Waals surface area contributed by atoms with Crippen molar-refractivity contribution in [2.45, 2.75) is 70.5 Å². The summed E-state index contributed by atoms with van der Waals surface area (Å²) in [6.45, 7) is 7.38. The van der Waals surface area contributed by atoms with Crippen LogP contribution in [0, 0.1) is 0 Å². The molecule has 40 heavy (non-hydrogen) atoms. The van der Waals surface area contributed by atoms with Gasteiger partial charge in [-0.2, -0.15) is 0 Å². The lowest BCUT2D eigenvalue weighted by Gasteiger charge is -2.33. The maximum Gasteiger partial charge on any atom is 0.264 e. The highest BCUT2D eigenvalue weighted by atomic mass is 35.5. The summed E-state index contributed by atoms with van der Waals surface area (Å²) < 4.78 is 28.8. The van der Waals surface area contributed by atoms with Gasteiger partial charge in [0.1, 0.15) is 12.6 Å². The fourth-order valence-electron chi connectivity index (χ4n) is 4.29. The largest absolute Gasteiger partial charge is 0.352 e. The zero-order valence-electron chi connectivity index (χ0n) is 23.5. The lowest BCUT2D eigenvalue weighted by atomic mass is 10.1. The maximum atomic E-state index is 14.1. The SMILES string of the molecule is CCc1ccc(N(CC(=O)N(Cc2ccc(Cl)cc2)[C@H](CC)C(=O)N[C@@H](C)CC)S(=O)(=O)c2ccccc2)cc1. The van der Waals surface area contributed by atoms with Crippen molar-refractivity contribution in [3.8, 4) is 0 Å². The van der Waals surface area contributed by atoms with Gasteiger partial charge in [0, 0.05) is 17.6 Å². The van der Waals surface area contributed by atoms with Gasteiger partial charge in [-0.15, -0.1) is 0 Å². The summed E-state index contributed by atoms with van der Waals surface area (Å²) >= 11 is 6.07. The first-order valence-corrected chi connectivity index (χ1v) is 15.4. The molecule has 0 aromatic heterocycles. The zero-order valence-corrected chi connectivity index (χ0v) is 25.1. The number of halogens is 1. The highest BCUT2D eigenvalue weighted by Gasteiger charge is 2.33. The molecule has 0 saturated heterocycles. The molecule has 0 aliphatic carbocycles. The molecule has 0 unspecified atom stereocenters. The van der Waals surface area contributed by atoms with Crippen LogP contribution in [0.25, 0.3) is 0 Å². The fraction of sp³-hybridized carbons (Fsp3) is 0.355. The van der Waals surface area contributed by atoms with E-state index in [-0.39, 0.29) is 23.4 Å². The molecular formula is C31H38ClN3O4S. The summed E-state index contributed by atoms with van der Waals surface area (Å²) in [5.41, 5.74) is 2.19. The molecule has 3 aromatic rings. The van der Waals surface area contributed by atoms with Gasteiger partial charge < -0.3 is 10.2 Å². The lowest BCUT2D eigenvalue weighted by molar-refractivity contribution is -0.140. The average Bonchev–Trinajstić information content (AvgIpc) is 2.97. The van der Waals surface area contributed by atoms with Crippen LogP contribution in [0.3, 0.4) is 0 Å². The molecule has 2 atom stereocenters. The molecule has 2 amide bonds. The van der Waals surface area contributed by atoms with E-state index in [9.17, 15) is 18.0 Å². The van der Waals surface area contributed by atoms with Gasteiger partial charge in [0.15, 0.2) is 0 Å². The van der Waals surface area contributed by atoms with E-state index in [0.29, 0.717) is 17.1 Å². The Morgan fingerprint density at radius 1 is 0.850 bits per heavy atom. The van der Waals surface area contributed by atoms with E-state index in [2.05, 4.69) is 5.32 Å². The van der Waals surface area contributed by atoms with Crippen molar-refractivity contribution in [3.63, 3.8) is 0 Å². The van der Waals surface area contributed by atoms with E-state index >= 15 is 0 Å². The molecule has 3 rings (SSSR count). The van der Waals surface area contributed by atoms with E-state index in [4.69, 9.17) is 11.6 Å². The van der Waals surface area contributed by atoms with Crippen LogP contribution >= 0.6 is 11.6 Å². The topological polar surface area (TPSA) is 86.8 Å². The first-order chi connectivity index (χ1) is 19.1. The van der Waals surface area contributed by atoms with E-state index in [1.54, 1.807) is 54.6 Å². The first-order valence-electron chi connectivity index (χ1n) is 13.6. The fourth-order valence-corrected chi connectivity index (χ4v) is 5.85. The highest BCUT2D eigenvalue weighted by Crippen LogP contribution is 2.25. The van der Waals surface area contributed by atoms with Gasteiger partial charge in [0.2, 0.25) is 11.8 Å². The second-order valence-electron chi connectivity index (χ2n) is 9.73. The second kappa shape index (κ2) is 14.3. The molecule has 0 bridgehead atoms. The molecule has 0 fully saturated rings. The molecule has 1 N–H and O–H groups in total. The van der Waals surface area contributed by atoms with Crippen molar-refractivity contribution < 1.29 is 18.0 Å². The van der Waals surface area contributed by atoms with Crippen LogP contribution < -0.4 is 9.62 Å². The molecule has 0 heterocycles. The second-order valence-corrected chi connectivity index (χ2v) is 12.0. The molecule has 0 spiro atoms. The quantitative estimate of drug-likeness (QED) is 0.275. The number of hydrogen-bond donors (Lipinski definition) is 1. The number of anilines is 1. The van der Waals surface area contributed by atoms with Gasteiger partial charge in [-0.1, -0.05) is 74.8 Å². The van der Waals surface area contributed by atoms with E-state index < -0.39 is 28.5 Å². The average molecular weight is 584 g/mol. The number of rotatable bonds is 13. The molecule has 214 valence electrons. The van der Waals surface area contributed by atoms with Crippen molar-refractivity contribution in [2.24, 2.45) is 0 Å². The van der Waals surface area contributed by atoms with Gasteiger partial charge in [-0.25, -0.2) is 8.42 Å². The molecule has 7 nitrogen and oxygen atoms in total. The number of sulfonamides is 1. The predicted molar refractivity (Wildman–Crippen MR) is 161 cm³/mol. The minimum atomic E-state index is -4.09. The number of nitrogens with one attached hydrogen (secondary N) is 1. The molecule has 0 aliphatic heterocycles. The lowest BCUT2D eigenvalue weighted by Crippen LogP contribution is -2.53. The third-order valence-corrected chi connectivity index (χ3v) is 8.94. The van der Waals surface area contributed by atoms with Crippen LogP contribution in [-0.2, 0) is 32.6 Å². The molecule has 3 aromatic carbocycles. The van der Waals surface area contributed by atoms with Crippen LogP contribution in [-0.4, -0.2) is 43.8 Å². The van der Waals surface area contributed by atoms with Crippen LogP contribution in [0.15, 0.2) is 83.8 Å². The van der Waals surface area contributed by atoms with E-state index in [1.165, 1.54) is 17.0 Å². The Morgan fingerprint density at radius 3 is 2.00 bits per heavy atom. The molecule has 0 radical (unpaired) electrons. The van der Waals surface area contributed by atoms with Crippen molar-refractivity contribution in [3.05, 3.63) is 95.0 Å². The zero-order chi connectivity index (χ0) is 29.3. The summed E-state index contributed by atoms with van der Waals surface area (Å²) in [6, 6.07) is 21.4. The van der Waals surface area contributed by atoms with E-state index in [0.717, 1.165) is 28.3 Å². The van der Waals surface area contributed by atoms with Crippen LogP contribution in [0.1, 0.15) is 51.7 Å². The minimum Gasteiger partial charge on any atom is -0.352 e. The third-order valence-electron chi connectivity index (χ3n) is 6.90. The highest BCUT2D eigenvalue weighted by molar-refractivity contribution is 7.92. The van der Waals surface area contributed by atoms with Gasteiger partial charge in [-0.3, -0.25) is 13.9 Å². The Balaban J connectivity index is 2.04. The van der Waals surface area contributed by atoms with Gasteiger partial charge in [0.05, 0.1) is 10.6 Å². The number of benzene rings is 3. The normalized spacial score (nSPS) is 12.8. The van der Waals surface area contributed by atoms with E-state index in [1.807, 2.05) is 39.8 Å². The van der Waals surface area contributed by atoms with Gasteiger partial charge in [0.25, 0.3) is 10.0 Å². The van der Waals surface area contributed by atoms with Crippen molar-refractivity contribution in [2.75, 3.05) is 10.8 Å². The molecule has 0 saturated carbocycles. The van der Waals surface area contributed by atoms with Crippen LogP contribution in [0.4, 0.5) is 5.69 Å². The number of nitrogens with zero attached hydrogens (tertiary/aromatic N) is 2. The number of aryl methyl sites for hydroxylation is 1. The van der Waals surface area contributed by atoms with Gasteiger partial charge in [-0.05, 0) is 73.7 Å². The maximum absolute atomic E-state index is 14.1. The first kappa shape index (κ1) is 31.2. The van der Waals surface area contributed by atoms with Crippen molar-refractivity contribution in [1.82, 2.24) is 10.2 Å². The monoisotopic (exact) mass is 583 g/mol.